The number of aromatic nitrogens is 1. The van der Waals surface area contributed by atoms with Gasteiger partial charge in [0.2, 0.25) is 0 Å². The molecule has 0 aliphatic carbocycles. The Kier molecular flexibility index (Phi) is 3.78. The molecule has 118 valence electrons. The van der Waals surface area contributed by atoms with Crippen LogP contribution in [-0.2, 0) is 6.54 Å². The molecule has 4 rings (SSSR count). The quantitative estimate of drug-likeness (QED) is 0.638. The second-order valence-electron chi connectivity index (χ2n) is 6.44. The highest BCUT2D eigenvalue weighted by atomic mass is 35.5. The molecule has 2 aromatic carbocycles. The van der Waals surface area contributed by atoms with E-state index in [0.717, 1.165) is 11.6 Å². The Balaban J connectivity index is 1.69. The van der Waals surface area contributed by atoms with E-state index in [1.807, 2.05) is 12.1 Å². The molecule has 3 heteroatoms. The molecule has 0 unspecified atom stereocenters. The van der Waals surface area contributed by atoms with Crippen molar-refractivity contribution in [1.82, 2.24) is 4.57 Å². The number of benzene rings is 2. The molecule has 0 amide bonds. The summed E-state index contributed by atoms with van der Waals surface area (Å²) in [5, 5.41) is 2.12. The van der Waals surface area contributed by atoms with Crippen LogP contribution in [0.1, 0.15) is 24.1 Å². The molecule has 1 aromatic heterocycles. The summed E-state index contributed by atoms with van der Waals surface area (Å²) < 4.78 is 2.38. The van der Waals surface area contributed by atoms with E-state index in [2.05, 4.69) is 52.8 Å². The minimum Gasteiger partial charge on any atom is -0.372 e. The van der Waals surface area contributed by atoms with Crippen LogP contribution in [-0.4, -0.2) is 17.7 Å². The van der Waals surface area contributed by atoms with Crippen LogP contribution in [0.2, 0.25) is 5.02 Å². The van der Waals surface area contributed by atoms with E-state index < -0.39 is 0 Å². The average molecular weight is 325 g/mol. The van der Waals surface area contributed by atoms with Gasteiger partial charge in [0.15, 0.2) is 0 Å². The number of hydrogen-bond donors (Lipinski definition) is 0. The van der Waals surface area contributed by atoms with E-state index >= 15 is 0 Å². The number of fused-ring (bicyclic) bond motifs is 1. The van der Waals surface area contributed by atoms with Gasteiger partial charge < -0.3 is 9.47 Å². The molecule has 2 heterocycles. The lowest BCUT2D eigenvalue weighted by atomic mass is 10.2. The molecule has 1 fully saturated rings. The van der Waals surface area contributed by atoms with Crippen molar-refractivity contribution < 1.29 is 0 Å². The lowest BCUT2D eigenvalue weighted by molar-refractivity contribution is 0.805. The topological polar surface area (TPSA) is 8.17 Å². The van der Waals surface area contributed by atoms with Crippen LogP contribution in [0, 0.1) is 6.92 Å². The Bertz CT molecular complexity index is 827. The van der Waals surface area contributed by atoms with Crippen LogP contribution in [0.25, 0.3) is 10.9 Å². The Morgan fingerprint density at radius 1 is 0.957 bits per heavy atom. The van der Waals surface area contributed by atoms with E-state index in [1.165, 1.54) is 53.8 Å². The summed E-state index contributed by atoms with van der Waals surface area (Å²) in [5.74, 6) is 0. The van der Waals surface area contributed by atoms with E-state index in [0.29, 0.717) is 0 Å². The first-order chi connectivity index (χ1) is 11.2. The van der Waals surface area contributed by atoms with Crippen molar-refractivity contribution in [3.8, 4) is 0 Å². The number of anilines is 1. The van der Waals surface area contributed by atoms with Crippen molar-refractivity contribution in [2.45, 2.75) is 26.3 Å². The summed E-state index contributed by atoms with van der Waals surface area (Å²) in [4.78, 5) is 2.49. The highest BCUT2D eigenvalue weighted by Crippen LogP contribution is 2.28. The zero-order valence-electron chi connectivity index (χ0n) is 13.4. The molecule has 0 bridgehead atoms. The molecule has 23 heavy (non-hydrogen) atoms. The third-order valence-electron chi connectivity index (χ3n) is 4.82. The lowest BCUT2D eigenvalue weighted by Crippen LogP contribution is -2.17. The van der Waals surface area contributed by atoms with Gasteiger partial charge in [0, 0.05) is 46.9 Å². The molecule has 0 N–H and O–H groups in total. The van der Waals surface area contributed by atoms with Gasteiger partial charge >= 0.3 is 0 Å². The van der Waals surface area contributed by atoms with E-state index in [9.17, 15) is 0 Å². The number of halogens is 1. The first kappa shape index (κ1) is 14.6. The van der Waals surface area contributed by atoms with Crippen molar-refractivity contribution in [3.05, 3.63) is 64.8 Å². The van der Waals surface area contributed by atoms with Gasteiger partial charge in [-0.25, -0.2) is 0 Å². The zero-order valence-corrected chi connectivity index (χ0v) is 14.2. The zero-order chi connectivity index (χ0) is 15.8. The fourth-order valence-electron chi connectivity index (χ4n) is 3.55. The maximum atomic E-state index is 5.99. The average Bonchev–Trinajstić information content (AvgIpc) is 3.18. The lowest BCUT2D eigenvalue weighted by Gasteiger charge is -2.17. The molecule has 1 saturated heterocycles. The van der Waals surface area contributed by atoms with Gasteiger partial charge in [-0.05, 0) is 61.7 Å². The number of nitrogens with zero attached hydrogens (tertiary/aromatic N) is 2. The normalized spacial score (nSPS) is 14.8. The van der Waals surface area contributed by atoms with Crippen LogP contribution in [0.4, 0.5) is 5.69 Å². The second kappa shape index (κ2) is 5.93. The van der Waals surface area contributed by atoms with Gasteiger partial charge in [0.1, 0.15) is 0 Å². The predicted molar refractivity (Wildman–Crippen MR) is 98.7 cm³/mol. The summed E-state index contributed by atoms with van der Waals surface area (Å²) in [6.07, 6.45) is 2.63. The molecular formula is C20H21ClN2. The van der Waals surface area contributed by atoms with E-state index in [4.69, 9.17) is 11.6 Å². The molecule has 0 spiro atoms. The largest absolute Gasteiger partial charge is 0.372 e. The Labute approximate surface area is 142 Å². The molecule has 0 saturated carbocycles. The summed E-state index contributed by atoms with van der Waals surface area (Å²) in [6, 6.07) is 17.3. The van der Waals surface area contributed by atoms with Gasteiger partial charge in [-0.1, -0.05) is 23.7 Å². The number of aryl methyl sites for hydroxylation is 1. The Morgan fingerprint density at radius 3 is 2.43 bits per heavy atom. The highest BCUT2D eigenvalue weighted by Gasteiger charge is 2.14. The summed E-state index contributed by atoms with van der Waals surface area (Å²) in [6.45, 7) is 5.45. The SMILES string of the molecule is Cc1cc2cc(N3CCCC3)ccc2n1Cc1ccc(Cl)cc1. The molecule has 3 aromatic rings. The van der Waals surface area contributed by atoms with Crippen molar-refractivity contribution >= 4 is 28.2 Å². The van der Waals surface area contributed by atoms with Crippen molar-refractivity contribution in [1.29, 1.82) is 0 Å². The first-order valence-electron chi connectivity index (χ1n) is 8.30. The van der Waals surface area contributed by atoms with Crippen LogP contribution in [0.15, 0.2) is 48.5 Å². The molecule has 2 nitrogen and oxygen atoms in total. The minimum absolute atomic E-state index is 0.790. The van der Waals surface area contributed by atoms with Crippen molar-refractivity contribution in [2.24, 2.45) is 0 Å². The van der Waals surface area contributed by atoms with Crippen LogP contribution in [0.3, 0.4) is 0 Å². The van der Waals surface area contributed by atoms with Gasteiger partial charge in [-0.15, -0.1) is 0 Å². The molecule has 0 atom stereocenters. The van der Waals surface area contributed by atoms with Gasteiger partial charge in [-0.2, -0.15) is 0 Å². The molecular weight excluding hydrogens is 304 g/mol. The standard InChI is InChI=1S/C20H21ClN2/c1-15-12-17-13-19(22-10-2-3-11-22)8-9-20(17)23(15)14-16-4-6-18(21)7-5-16/h4-9,12-13H,2-3,10-11,14H2,1H3. The maximum Gasteiger partial charge on any atom is 0.0487 e. The predicted octanol–water partition coefficient (Wildman–Crippen LogP) is 5.25. The summed E-state index contributed by atoms with van der Waals surface area (Å²) in [7, 11) is 0. The number of hydrogen-bond acceptors (Lipinski definition) is 1. The summed E-state index contributed by atoms with van der Waals surface area (Å²) >= 11 is 5.99. The van der Waals surface area contributed by atoms with Crippen LogP contribution >= 0.6 is 11.6 Å². The van der Waals surface area contributed by atoms with Crippen molar-refractivity contribution in [2.75, 3.05) is 18.0 Å². The van der Waals surface area contributed by atoms with Gasteiger partial charge in [-0.3, -0.25) is 0 Å². The first-order valence-corrected chi connectivity index (χ1v) is 8.68. The van der Waals surface area contributed by atoms with Gasteiger partial charge in [0.05, 0.1) is 0 Å². The maximum absolute atomic E-state index is 5.99. The molecule has 1 aliphatic rings. The highest BCUT2D eigenvalue weighted by molar-refractivity contribution is 6.30. The molecule has 0 radical (unpaired) electrons. The van der Waals surface area contributed by atoms with E-state index in [-0.39, 0.29) is 0 Å². The Morgan fingerprint density at radius 2 is 1.70 bits per heavy atom. The third-order valence-corrected chi connectivity index (χ3v) is 5.07. The number of rotatable bonds is 3. The van der Waals surface area contributed by atoms with Crippen LogP contribution < -0.4 is 4.90 Å². The van der Waals surface area contributed by atoms with Gasteiger partial charge in [0.25, 0.3) is 0 Å². The Hall–Kier alpha value is -1.93. The fourth-order valence-corrected chi connectivity index (χ4v) is 3.68. The fraction of sp³-hybridized carbons (Fsp3) is 0.300. The monoisotopic (exact) mass is 324 g/mol. The smallest absolute Gasteiger partial charge is 0.0487 e. The second-order valence-corrected chi connectivity index (χ2v) is 6.87. The summed E-state index contributed by atoms with van der Waals surface area (Å²) in [5.41, 5.74) is 5.24. The minimum atomic E-state index is 0.790. The van der Waals surface area contributed by atoms with Crippen molar-refractivity contribution in [3.63, 3.8) is 0 Å². The van der Waals surface area contributed by atoms with E-state index in [1.54, 1.807) is 0 Å². The van der Waals surface area contributed by atoms with Crippen LogP contribution in [0.5, 0.6) is 0 Å². The molecule has 1 aliphatic heterocycles. The third kappa shape index (κ3) is 2.84.